The topological polar surface area (TPSA) is 88.6 Å². The summed E-state index contributed by atoms with van der Waals surface area (Å²) >= 11 is 8.08. The monoisotopic (exact) mass is 471 g/mol. The molecule has 7 nitrogen and oxygen atoms in total. The van der Waals surface area contributed by atoms with Crippen molar-refractivity contribution in [3.05, 3.63) is 45.6 Å². The summed E-state index contributed by atoms with van der Waals surface area (Å²) in [6, 6.07) is 10.4. The lowest BCUT2D eigenvalue weighted by Crippen LogP contribution is -2.34. The van der Waals surface area contributed by atoms with E-state index in [0.717, 1.165) is 37.5 Å². The summed E-state index contributed by atoms with van der Waals surface area (Å²) < 4.78 is 31.6. The third-order valence-electron chi connectivity index (χ3n) is 3.99. The van der Waals surface area contributed by atoms with E-state index < -0.39 is 15.9 Å². The largest absolute Gasteiger partial charge is 0.497 e. The number of thiazole rings is 1. The summed E-state index contributed by atoms with van der Waals surface area (Å²) in [7, 11) is -0.836. The molecule has 3 rings (SSSR count). The average molecular weight is 472 g/mol. The highest BCUT2D eigenvalue weighted by atomic mass is 35.5. The summed E-state index contributed by atoms with van der Waals surface area (Å²) in [5.74, 6) is 0.264. The van der Waals surface area contributed by atoms with Crippen LogP contribution in [0.15, 0.2) is 40.6 Å². The average Bonchev–Trinajstić information content (AvgIpc) is 3.27. The van der Waals surface area contributed by atoms with Crippen molar-refractivity contribution >= 4 is 55.3 Å². The Morgan fingerprint density at radius 2 is 1.90 bits per heavy atom. The third kappa shape index (κ3) is 4.96. The van der Waals surface area contributed by atoms with Crippen LogP contribution < -0.4 is 10.1 Å². The number of hydrogen-bond donors (Lipinski definition) is 1. The predicted molar refractivity (Wildman–Crippen MR) is 117 cm³/mol. The van der Waals surface area contributed by atoms with Crippen LogP contribution in [0.25, 0.3) is 11.3 Å². The van der Waals surface area contributed by atoms with Crippen molar-refractivity contribution in [2.45, 2.75) is 11.1 Å². The first-order chi connectivity index (χ1) is 13.7. The number of benzene rings is 1. The summed E-state index contributed by atoms with van der Waals surface area (Å²) in [5.41, 5.74) is 1.65. The molecule has 29 heavy (non-hydrogen) atoms. The van der Waals surface area contributed by atoms with Gasteiger partial charge in [-0.2, -0.15) is 4.31 Å². The number of carbonyl (C=O) groups is 1. The van der Waals surface area contributed by atoms with Gasteiger partial charge in [-0.3, -0.25) is 4.79 Å². The molecular formula is C18H18ClN3O4S3. The van der Waals surface area contributed by atoms with Gasteiger partial charge < -0.3 is 10.1 Å². The lowest BCUT2D eigenvalue weighted by molar-refractivity contribution is -0.116. The van der Waals surface area contributed by atoms with Crippen molar-refractivity contribution < 1.29 is 17.9 Å². The summed E-state index contributed by atoms with van der Waals surface area (Å²) in [5, 5.41) is 3.08. The molecule has 11 heteroatoms. The molecular weight excluding hydrogens is 454 g/mol. The number of aromatic nitrogens is 1. The van der Waals surface area contributed by atoms with E-state index in [1.807, 2.05) is 31.2 Å². The van der Waals surface area contributed by atoms with E-state index in [1.165, 1.54) is 30.5 Å². The molecule has 0 saturated carbocycles. The predicted octanol–water partition coefficient (Wildman–Crippen LogP) is 4.10. The Morgan fingerprint density at radius 3 is 2.48 bits per heavy atom. The maximum atomic E-state index is 12.5. The van der Waals surface area contributed by atoms with Crippen LogP contribution in [0.3, 0.4) is 0 Å². The molecule has 0 aliphatic carbocycles. The molecule has 1 amide bonds. The van der Waals surface area contributed by atoms with Gasteiger partial charge in [-0.15, -0.1) is 22.7 Å². The molecule has 0 spiro atoms. The summed E-state index contributed by atoms with van der Waals surface area (Å²) in [6.07, 6.45) is 0. The van der Waals surface area contributed by atoms with E-state index in [9.17, 15) is 13.2 Å². The Bertz CT molecular complexity index is 1120. The Morgan fingerprint density at radius 1 is 1.21 bits per heavy atom. The number of thiophene rings is 1. The summed E-state index contributed by atoms with van der Waals surface area (Å²) in [4.78, 5) is 17.8. The molecule has 154 valence electrons. The zero-order chi connectivity index (χ0) is 21.2. The van der Waals surface area contributed by atoms with Gasteiger partial charge in [-0.1, -0.05) is 11.6 Å². The van der Waals surface area contributed by atoms with Gasteiger partial charge in [0.25, 0.3) is 10.0 Å². The highest BCUT2D eigenvalue weighted by Crippen LogP contribution is 2.31. The quantitative estimate of drug-likeness (QED) is 0.560. The van der Waals surface area contributed by atoms with E-state index in [0.29, 0.717) is 9.47 Å². The first kappa shape index (κ1) is 21.7. The Labute approximate surface area is 182 Å². The zero-order valence-corrected chi connectivity index (χ0v) is 19.0. The fourth-order valence-corrected chi connectivity index (χ4v) is 6.18. The van der Waals surface area contributed by atoms with Gasteiger partial charge in [0.15, 0.2) is 5.13 Å². The summed E-state index contributed by atoms with van der Waals surface area (Å²) in [6.45, 7) is 1.57. The number of sulfonamides is 1. The molecule has 1 N–H and O–H groups in total. The number of amides is 1. The minimum absolute atomic E-state index is 0.0877. The number of nitrogens with one attached hydrogen (secondary N) is 1. The van der Waals surface area contributed by atoms with Gasteiger partial charge in [0.05, 0.1) is 23.7 Å². The van der Waals surface area contributed by atoms with Crippen LogP contribution in [0, 0.1) is 6.92 Å². The number of rotatable bonds is 7. The molecule has 0 saturated heterocycles. The maximum Gasteiger partial charge on any atom is 0.252 e. The minimum Gasteiger partial charge on any atom is -0.497 e. The van der Waals surface area contributed by atoms with Crippen molar-refractivity contribution in [1.82, 2.24) is 9.29 Å². The molecule has 2 aromatic heterocycles. The van der Waals surface area contributed by atoms with Crippen molar-refractivity contribution in [2.75, 3.05) is 26.0 Å². The molecule has 0 aliphatic heterocycles. The van der Waals surface area contributed by atoms with E-state index >= 15 is 0 Å². The number of anilines is 1. The first-order valence-electron chi connectivity index (χ1n) is 8.34. The van der Waals surface area contributed by atoms with E-state index in [1.54, 1.807) is 7.11 Å². The molecule has 0 aliphatic rings. The second kappa shape index (κ2) is 8.80. The number of halogens is 1. The second-order valence-electron chi connectivity index (χ2n) is 6.02. The van der Waals surface area contributed by atoms with Crippen LogP contribution in [-0.4, -0.2) is 44.3 Å². The van der Waals surface area contributed by atoms with Crippen molar-refractivity contribution in [3.63, 3.8) is 0 Å². The zero-order valence-electron chi connectivity index (χ0n) is 15.8. The maximum absolute atomic E-state index is 12.5. The van der Waals surface area contributed by atoms with Crippen LogP contribution in [0.2, 0.25) is 4.34 Å². The van der Waals surface area contributed by atoms with Gasteiger partial charge in [0, 0.05) is 17.5 Å². The second-order valence-corrected chi connectivity index (χ2v) is 11.2. The van der Waals surface area contributed by atoms with Gasteiger partial charge in [0.2, 0.25) is 5.91 Å². The number of carbonyl (C=O) groups excluding carboxylic acids is 1. The lowest BCUT2D eigenvalue weighted by atomic mass is 10.1. The number of methoxy groups -OCH3 is 1. The molecule has 3 aromatic rings. The first-order valence-corrected chi connectivity index (χ1v) is 11.8. The molecule has 0 unspecified atom stereocenters. The van der Waals surface area contributed by atoms with E-state index in [-0.39, 0.29) is 10.8 Å². The highest BCUT2D eigenvalue weighted by Gasteiger charge is 2.25. The Balaban J connectivity index is 1.69. The number of aryl methyl sites for hydroxylation is 1. The van der Waals surface area contributed by atoms with Crippen LogP contribution in [0.4, 0.5) is 5.13 Å². The van der Waals surface area contributed by atoms with E-state index in [4.69, 9.17) is 16.3 Å². The minimum atomic E-state index is -3.78. The van der Waals surface area contributed by atoms with Crippen LogP contribution in [0.5, 0.6) is 5.75 Å². The molecule has 0 atom stereocenters. The van der Waals surface area contributed by atoms with E-state index in [2.05, 4.69) is 10.3 Å². The number of nitrogens with zero attached hydrogens (tertiary/aromatic N) is 2. The molecule has 0 bridgehead atoms. The Kier molecular flexibility index (Phi) is 6.59. The molecule has 1 aromatic carbocycles. The molecule has 0 fully saturated rings. The lowest BCUT2D eigenvalue weighted by Gasteiger charge is -2.15. The number of likely N-dealkylation sites (N-methyl/N-ethyl adjacent to an activating group) is 1. The third-order valence-corrected chi connectivity index (χ3v) is 8.37. The highest BCUT2D eigenvalue weighted by molar-refractivity contribution is 7.91. The van der Waals surface area contributed by atoms with Crippen molar-refractivity contribution in [3.8, 4) is 17.0 Å². The van der Waals surface area contributed by atoms with Crippen molar-refractivity contribution in [2.24, 2.45) is 0 Å². The number of hydrogen-bond acceptors (Lipinski definition) is 7. The van der Waals surface area contributed by atoms with Gasteiger partial charge in [-0.05, 0) is 43.3 Å². The van der Waals surface area contributed by atoms with Gasteiger partial charge in [0.1, 0.15) is 9.96 Å². The standard InChI is InChI=1S/C18H18ClN3O4S3/c1-11-17(12-4-6-13(26-3)7-5-12)21-18(27-11)20-15(23)10-22(2)29(24,25)16-9-8-14(19)28-16/h4-9H,10H2,1-3H3,(H,20,21,23). The molecule has 0 radical (unpaired) electrons. The molecule has 2 heterocycles. The van der Waals surface area contributed by atoms with Crippen LogP contribution in [0.1, 0.15) is 4.88 Å². The van der Waals surface area contributed by atoms with Crippen LogP contribution in [-0.2, 0) is 14.8 Å². The van der Waals surface area contributed by atoms with Crippen molar-refractivity contribution in [1.29, 1.82) is 0 Å². The Hall–Kier alpha value is -1.98. The number of ether oxygens (including phenoxy) is 1. The smallest absolute Gasteiger partial charge is 0.252 e. The fourth-order valence-electron chi connectivity index (χ4n) is 2.50. The normalized spacial score (nSPS) is 11.6. The van der Waals surface area contributed by atoms with Gasteiger partial charge in [-0.25, -0.2) is 13.4 Å². The fraction of sp³-hybridized carbons (Fsp3) is 0.222. The SMILES string of the molecule is COc1ccc(-c2nc(NC(=O)CN(C)S(=O)(=O)c3ccc(Cl)s3)sc2C)cc1. The van der Waals surface area contributed by atoms with Crippen LogP contribution >= 0.6 is 34.3 Å². The van der Waals surface area contributed by atoms with Gasteiger partial charge >= 0.3 is 0 Å².